The molecule has 15 heavy (non-hydrogen) atoms. The summed E-state index contributed by atoms with van der Waals surface area (Å²) in [7, 11) is 0. The molecule has 2 rings (SSSR count). The molecule has 4 nitrogen and oxygen atoms in total. The fourth-order valence-corrected chi connectivity index (χ4v) is 1.73. The summed E-state index contributed by atoms with van der Waals surface area (Å²) in [6.45, 7) is 1.73. The predicted octanol–water partition coefficient (Wildman–Crippen LogP) is 1.65. The first-order chi connectivity index (χ1) is 7.34. The minimum absolute atomic E-state index is 0.387. The maximum Gasteiger partial charge on any atom is 0.233 e. The SMILES string of the molecule is Clc1ccc(OC[C@H]2CCCCN2)nn1. The lowest BCUT2D eigenvalue weighted by Gasteiger charge is -2.22. The third kappa shape index (κ3) is 3.32. The van der Waals surface area contributed by atoms with Crippen molar-refractivity contribution in [1.82, 2.24) is 15.5 Å². The van der Waals surface area contributed by atoms with Crippen molar-refractivity contribution in [2.24, 2.45) is 0 Å². The molecular formula is C10H14ClN3O. The summed E-state index contributed by atoms with van der Waals surface area (Å²) in [4.78, 5) is 0. The number of hydrogen-bond acceptors (Lipinski definition) is 4. The van der Waals surface area contributed by atoms with Gasteiger partial charge in [0.25, 0.3) is 0 Å². The van der Waals surface area contributed by atoms with E-state index in [-0.39, 0.29) is 0 Å². The molecule has 5 heteroatoms. The van der Waals surface area contributed by atoms with Gasteiger partial charge in [0.2, 0.25) is 5.88 Å². The predicted molar refractivity (Wildman–Crippen MR) is 58.2 cm³/mol. The lowest BCUT2D eigenvalue weighted by Crippen LogP contribution is -2.38. The molecule has 0 aliphatic carbocycles. The van der Waals surface area contributed by atoms with Gasteiger partial charge in [0.15, 0.2) is 5.15 Å². The molecule has 1 saturated heterocycles. The van der Waals surface area contributed by atoms with Gasteiger partial charge in [-0.05, 0) is 25.5 Å². The summed E-state index contributed by atoms with van der Waals surface area (Å²) in [5.41, 5.74) is 0. The number of hydrogen-bond donors (Lipinski definition) is 1. The lowest BCUT2D eigenvalue weighted by molar-refractivity contribution is 0.230. The Morgan fingerprint density at radius 1 is 1.40 bits per heavy atom. The van der Waals surface area contributed by atoms with Crippen LogP contribution >= 0.6 is 11.6 Å². The van der Waals surface area contributed by atoms with Gasteiger partial charge in [0.1, 0.15) is 6.61 Å². The molecule has 0 spiro atoms. The van der Waals surface area contributed by atoms with Crippen LogP contribution in [0.25, 0.3) is 0 Å². The third-order valence-electron chi connectivity index (χ3n) is 2.45. The number of piperidine rings is 1. The van der Waals surface area contributed by atoms with E-state index in [2.05, 4.69) is 15.5 Å². The zero-order valence-electron chi connectivity index (χ0n) is 8.45. The molecule has 1 fully saturated rings. The number of rotatable bonds is 3. The van der Waals surface area contributed by atoms with E-state index >= 15 is 0 Å². The second-order valence-corrected chi connectivity index (χ2v) is 4.04. The lowest BCUT2D eigenvalue weighted by atomic mass is 10.1. The summed E-state index contributed by atoms with van der Waals surface area (Å²) in [5, 5.41) is 11.3. The van der Waals surface area contributed by atoms with Gasteiger partial charge in [0, 0.05) is 12.1 Å². The molecule has 1 N–H and O–H groups in total. The summed E-state index contributed by atoms with van der Waals surface area (Å²) in [5.74, 6) is 0.534. The standard InChI is InChI=1S/C10H14ClN3O/c11-9-4-5-10(14-13-9)15-7-8-3-1-2-6-12-8/h4-5,8,12H,1-3,6-7H2/t8-/m1/s1. The molecule has 0 radical (unpaired) electrons. The van der Waals surface area contributed by atoms with Crippen LogP contribution in [0.1, 0.15) is 19.3 Å². The number of halogens is 1. The minimum Gasteiger partial charge on any atom is -0.475 e. The van der Waals surface area contributed by atoms with Crippen molar-refractivity contribution in [1.29, 1.82) is 0 Å². The van der Waals surface area contributed by atoms with Crippen LogP contribution in [0.3, 0.4) is 0 Å². The van der Waals surface area contributed by atoms with Gasteiger partial charge in [-0.25, -0.2) is 0 Å². The van der Waals surface area contributed by atoms with Crippen molar-refractivity contribution >= 4 is 11.6 Å². The number of nitrogens with zero attached hydrogens (tertiary/aromatic N) is 2. The molecule has 1 aromatic rings. The highest BCUT2D eigenvalue weighted by Crippen LogP contribution is 2.11. The van der Waals surface area contributed by atoms with E-state index in [1.54, 1.807) is 12.1 Å². The van der Waals surface area contributed by atoms with Crippen LogP contribution < -0.4 is 10.1 Å². The minimum atomic E-state index is 0.387. The Bertz CT molecular complexity index is 298. The topological polar surface area (TPSA) is 47.0 Å². The first kappa shape index (κ1) is 10.6. The molecule has 0 aromatic carbocycles. The Labute approximate surface area is 94.0 Å². The molecule has 82 valence electrons. The van der Waals surface area contributed by atoms with Gasteiger partial charge in [-0.3, -0.25) is 0 Å². The normalized spacial score (nSPS) is 21.3. The Morgan fingerprint density at radius 2 is 2.33 bits per heavy atom. The molecule has 0 unspecified atom stereocenters. The highest BCUT2D eigenvalue weighted by molar-refractivity contribution is 6.29. The van der Waals surface area contributed by atoms with Crippen LogP contribution in [0, 0.1) is 0 Å². The van der Waals surface area contributed by atoms with Gasteiger partial charge in [-0.2, -0.15) is 0 Å². The van der Waals surface area contributed by atoms with E-state index in [4.69, 9.17) is 16.3 Å². The highest BCUT2D eigenvalue weighted by atomic mass is 35.5. The molecule has 0 amide bonds. The van der Waals surface area contributed by atoms with E-state index in [9.17, 15) is 0 Å². The Balaban J connectivity index is 1.79. The maximum absolute atomic E-state index is 5.62. The molecule has 0 bridgehead atoms. The van der Waals surface area contributed by atoms with Crippen LogP contribution in [0.15, 0.2) is 12.1 Å². The smallest absolute Gasteiger partial charge is 0.233 e. The fraction of sp³-hybridized carbons (Fsp3) is 0.600. The Hall–Kier alpha value is -0.870. The zero-order valence-corrected chi connectivity index (χ0v) is 9.20. The molecular weight excluding hydrogens is 214 g/mol. The quantitative estimate of drug-likeness (QED) is 0.853. The number of ether oxygens (including phenoxy) is 1. The Kier molecular flexibility index (Phi) is 3.75. The van der Waals surface area contributed by atoms with Gasteiger partial charge in [0.05, 0.1) is 0 Å². The van der Waals surface area contributed by atoms with Gasteiger partial charge >= 0.3 is 0 Å². The van der Waals surface area contributed by atoms with Crippen LogP contribution in [0.2, 0.25) is 5.15 Å². The van der Waals surface area contributed by atoms with E-state index in [1.807, 2.05) is 0 Å². The van der Waals surface area contributed by atoms with Gasteiger partial charge < -0.3 is 10.1 Å². The van der Waals surface area contributed by atoms with Crippen molar-refractivity contribution in [3.8, 4) is 5.88 Å². The van der Waals surface area contributed by atoms with Crippen molar-refractivity contribution in [3.63, 3.8) is 0 Å². The van der Waals surface area contributed by atoms with E-state index in [0.29, 0.717) is 23.7 Å². The molecule has 1 atom stereocenters. The van der Waals surface area contributed by atoms with Crippen LogP contribution in [-0.4, -0.2) is 29.4 Å². The maximum atomic E-state index is 5.62. The van der Waals surface area contributed by atoms with Crippen molar-refractivity contribution < 1.29 is 4.74 Å². The second-order valence-electron chi connectivity index (χ2n) is 3.65. The molecule has 0 saturated carbocycles. The fourth-order valence-electron chi connectivity index (χ4n) is 1.63. The van der Waals surface area contributed by atoms with Crippen LogP contribution in [-0.2, 0) is 0 Å². The first-order valence-electron chi connectivity index (χ1n) is 5.20. The van der Waals surface area contributed by atoms with Crippen LogP contribution in [0.5, 0.6) is 5.88 Å². The highest BCUT2D eigenvalue weighted by Gasteiger charge is 2.13. The van der Waals surface area contributed by atoms with Crippen molar-refractivity contribution in [2.75, 3.05) is 13.2 Å². The Morgan fingerprint density at radius 3 is 3.00 bits per heavy atom. The largest absolute Gasteiger partial charge is 0.475 e. The number of nitrogens with one attached hydrogen (secondary N) is 1. The van der Waals surface area contributed by atoms with Crippen molar-refractivity contribution in [2.45, 2.75) is 25.3 Å². The summed E-state index contributed by atoms with van der Waals surface area (Å²) < 4.78 is 5.51. The molecule has 2 heterocycles. The molecule has 1 aliphatic heterocycles. The average molecular weight is 228 g/mol. The second kappa shape index (κ2) is 5.28. The average Bonchev–Trinajstić information content (AvgIpc) is 2.30. The first-order valence-corrected chi connectivity index (χ1v) is 5.58. The summed E-state index contributed by atoms with van der Waals surface area (Å²) in [6.07, 6.45) is 3.70. The third-order valence-corrected chi connectivity index (χ3v) is 2.65. The monoisotopic (exact) mass is 227 g/mol. The summed E-state index contributed by atoms with van der Waals surface area (Å²) >= 11 is 5.62. The number of aromatic nitrogens is 2. The van der Waals surface area contributed by atoms with Crippen LogP contribution in [0.4, 0.5) is 0 Å². The zero-order chi connectivity index (χ0) is 10.5. The molecule has 1 aromatic heterocycles. The van der Waals surface area contributed by atoms with E-state index in [0.717, 1.165) is 6.54 Å². The van der Waals surface area contributed by atoms with E-state index in [1.165, 1.54) is 19.3 Å². The van der Waals surface area contributed by atoms with E-state index < -0.39 is 0 Å². The van der Waals surface area contributed by atoms with Crippen molar-refractivity contribution in [3.05, 3.63) is 17.3 Å². The van der Waals surface area contributed by atoms with Gasteiger partial charge in [-0.15, -0.1) is 10.2 Å². The molecule has 1 aliphatic rings. The summed E-state index contributed by atoms with van der Waals surface area (Å²) in [6, 6.07) is 3.85. The van der Waals surface area contributed by atoms with Gasteiger partial charge in [-0.1, -0.05) is 18.0 Å².